The van der Waals surface area contributed by atoms with Crippen LogP contribution in [0.4, 0.5) is 0 Å². The van der Waals surface area contributed by atoms with Crippen LogP contribution in [0.25, 0.3) is 0 Å². The molecule has 1 amide bonds. The van der Waals surface area contributed by atoms with E-state index in [9.17, 15) is 13.2 Å². The number of hydrogen-bond acceptors (Lipinski definition) is 5. The number of benzene rings is 1. The summed E-state index contributed by atoms with van der Waals surface area (Å²) in [5.74, 6) is -0.309. The highest BCUT2D eigenvalue weighted by atomic mass is 35.5. The van der Waals surface area contributed by atoms with E-state index in [0.29, 0.717) is 26.1 Å². The number of aromatic nitrogens is 2. The third kappa shape index (κ3) is 6.41. The lowest BCUT2D eigenvalue weighted by Crippen LogP contribution is -2.40. The maximum atomic E-state index is 12.5. The number of halogens is 1. The summed E-state index contributed by atoms with van der Waals surface area (Å²) in [6.07, 6.45) is 3.41. The van der Waals surface area contributed by atoms with Gasteiger partial charge in [0.25, 0.3) is 10.0 Å². The van der Waals surface area contributed by atoms with E-state index < -0.39 is 10.0 Å². The molecule has 8 nitrogen and oxygen atoms in total. The molecule has 2 rings (SSSR count). The Kier molecular flexibility index (Phi) is 8.73. The van der Waals surface area contributed by atoms with Gasteiger partial charge in [0.15, 0.2) is 5.03 Å². The maximum absolute atomic E-state index is 12.5. The first-order valence-corrected chi connectivity index (χ1v) is 9.40. The van der Waals surface area contributed by atoms with Crippen LogP contribution in [0.15, 0.2) is 47.9 Å². The van der Waals surface area contributed by atoms with Crippen molar-refractivity contribution >= 4 is 28.3 Å². The highest BCUT2D eigenvalue weighted by molar-refractivity contribution is 7.89. The highest BCUT2D eigenvalue weighted by Crippen LogP contribution is 2.07. The molecule has 2 aromatic rings. The monoisotopic (exact) mass is 401 g/mol. The summed E-state index contributed by atoms with van der Waals surface area (Å²) >= 11 is 0. The van der Waals surface area contributed by atoms with Gasteiger partial charge in [-0.1, -0.05) is 30.3 Å². The van der Waals surface area contributed by atoms with E-state index in [2.05, 4.69) is 9.71 Å². The van der Waals surface area contributed by atoms with Crippen LogP contribution in [0.5, 0.6) is 0 Å². The molecule has 0 fully saturated rings. The average Bonchev–Trinajstić information content (AvgIpc) is 3.05. The molecule has 0 saturated heterocycles. The normalized spacial score (nSPS) is 11.0. The van der Waals surface area contributed by atoms with Gasteiger partial charge in [0.1, 0.15) is 0 Å². The minimum absolute atomic E-state index is 0. The molecule has 0 saturated carbocycles. The molecule has 26 heavy (non-hydrogen) atoms. The highest BCUT2D eigenvalue weighted by Gasteiger charge is 2.20. The summed E-state index contributed by atoms with van der Waals surface area (Å²) in [5.41, 5.74) is 6.50. The number of hydrogen-bond donors (Lipinski definition) is 2. The molecule has 0 aliphatic carbocycles. The third-order valence-corrected chi connectivity index (χ3v) is 4.86. The van der Waals surface area contributed by atoms with Crippen molar-refractivity contribution in [2.45, 2.75) is 18.0 Å². The molecule has 0 aliphatic rings. The van der Waals surface area contributed by atoms with Crippen LogP contribution in [0.2, 0.25) is 0 Å². The lowest BCUT2D eigenvalue weighted by Gasteiger charge is -2.23. The molecule has 0 bridgehead atoms. The number of rotatable bonds is 9. The predicted octanol–water partition coefficient (Wildman–Crippen LogP) is 0.498. The van der Waals surface area contributed by atoms with Crippen molar-refractivity contribution in [3.05, 3.63) is 48.4 Å². The lowest BCUT2D eigenvalue weighted by molar-refractivity contribution is -0.130. The number of sulfonamides is 1. The molecule has 0 aliphatic heterocycles. The van der Waals surface area contributed by atoms with E-state index in [1.165, 1.54) is 17.1 Å². The zero-order valence-electron chi connectivity index (χ0n) is 14.5. The van der Waals surface area contributed by atoms with E-state index in [-0.39, 0.29) is 29.9 Å². The smallest absolute Gasteiger partial charge is 0.260 e. The third-order valence-electron chi connectivity index (χ3n) is 3.57. The topological polar surface area (TPSA) is 110 Å². The van der Waals surface area contributed by atoms with E-state index in [0.717, 1.165) is 5.56 Å². The van der Waals surface area contributed by atoms with Crippen molar-refractivity contribution in [1.29, 1.82) is 0 Å². The Morgan fingerprint density at radius 3 is 2.58 bits per heavy atom. The Bertz CT molecular complexity index is 795. The molecule has 0 radical (unpaired) electrons. The average molecular weight is 402 g/mol. The van der Waals surface area contributed by atoms with Gasteiger partial charge < -0.3 is 15.2 Å². The van der Waals surface area contributed by atoms with Gasteiger partial charge in [-0.05, 0) is 18.5 Å². The van der Waals surface area contributed by atoms with Crippen molar-refractivity contribution in [3.8, 4) is 0 Å². The van der Waals surface area contributed by atoms with Gasteiger partial charge in [-0.3, -0.25) is 4.79 Å². The lowest BCUT2D eigenvalue weighted by atomic mass is 10.2. The quantitative estimate of drug-likeness (QED) is 0.635. The first kappa shape index (κ1) is 22.1. The van der Waals surface area contributed by atoms with E-state index in [1.54, 1.807) is 11.9 Å². The van der Waals surface area contributed by atoms with Gasteiger partial charge in [0.05, 0.1) is 12.9 Å². The Morgan fingerprint density at radius 2 is 2.00 bits per heavy atom. The van der Waals surface area contributed by atoms with Crippen molar-refractivity contribution in [2.24, 2.45) is 12.8 Å². The second-order valence-electron chi connectivity index (χ2n) is 5.65. The van der Waals surface area contributed by atoms with Gasteiger partial charge in [-0.15, -0.1) is 12.4 Å². The van der Waals surface area contributed by atoms with Gasteiger partial charge in [0, 0.05) is 26.3 Å². The molecule has 10 heteroatoms. The Balaban J connectivity index is 0.00000338. The molecule has 1 aromatic carbocycles. The minimum Gasteiger partial charge on any atom is -0.339 e. The summed E-state index contributed by atoms with van der Waals surface area (Å²) in [7, 11) is -2.14. The number of nitrogens with one attached hydrogen (secondary N) is 1. The molecule has 0 unspecified atom stereocenters. The second-order valence-corrected chi connectivity index (χ2v) is 7.36. The molecular formula is C16H24ClN5O3S. The summed E-state index contributed by atoms with van der Waals surface area (Å²) in [4.78, 5) is 17.9. The first-order chi connectivity index (χ1) is 11.9. The Morgan fingerprint density at radius 1 is 1.31 bits per heavy atom. The molecule has 1 heterocycles. The van der Waals surface area contributed by atoms with E-state index >= 15 is 0 Å². The van der Waals surface area contributed by atoms with E-state index in [1.807, 2.05) is 30.3 Å². The Hall–Kier alpha value is -1.94. The molecule has 144 valence electrons. The van der Waals surface area contributed by atoms with Gasteiger partial charge in [-0.2, -0.15) is 0 Å². The minimum atomic E-state index is -3.82. The number of amides is 1. The van der Waals surface area contributed by atoms with Crippen molar-refractivity contribution < 1.29 is 13.2 Å². The molecular weight excluding hydrogens is 378 g/mol. The SMILES string of the molecule is Cl.Cn1cnc(S(=O)(=O)NCC(=O)N(CCCN)Cc2ccccc2)c1. The number of nitrogens with zero attached hydrogens (tertiary/aromatic N) is 3. The number of carbonyl (C=O) groups is 1. The molecule has 1 aromatic heterocycles. The summed E-state index contributed by atoms with van der Waals surface area (Å²) in [6.45, 7) is 1.01. The van der Waals surface area contributed by atoms with Crippen molar-refractivity contribution in [2.75, 3.05) is 19.6 Å². The number of aryl methyl sites for hydroxylation is 1. The number of nitrogens with two attached hydrogens (primary N) is 1. The standard InChI is InChI=1S/C16H23N5O3S.ClH/c1-20-12-15(18-13-20)25(23,24)19-10-16(22)21(9-5-8-17)11-14-6-3-2-4-7-14;/h2-4,6-7,12-13,19H,5,8-11,17H2,1H3;1H. The fourth-order valence-corrected chi connectivity index (χ4v) is 3.20. The fourth-order valence-electron chi connectivity index (χ4n) is 2.25. The second kappa shape index (κ2) is 10.3. The fraction of sp³-hybridized carbons (Fsp3) is 0.375. The van der Waals surface area contributed by atoms with Crippen LogP contribution in [-0.4, -0.2) is 48.4 Å². The zero-order chi connectivity index (χ0) is 18.3. The van der Waals surface area contributed by atoms with Crippen LogP contribution in [0, 0.1) is 0 Å². The largest absolute Gasteiger partial charge is 0.339 e. The zero-order valence-corrected chi connectivity index (χ0v) is 16.2. The van der Waals surface area contributed by atoms with Crippen LogP contribution in [0.1, 0.15) is 12.0 Å². The molecule has 0 spiro atoms. The van der Waals surface area contributed by atoms with Crippen LogP contribution >= 0.6 is 12.4 Å². The number of imidazole rings is 1. The molecule has 0 atom stereocenters. The van der Waals surface area contributed by atoms with Gasteiger partial charge >= 0.3 is 0 Å². The van der Waals surface area contributed by atoms with E-state index in [4.69, 9.17) is 5.73 Å². The summed E-state index contributed by atoms with van der Waals surface area (Å²) in [5, 5.41) is -0.112. The van der Waals surface area contributed by atoms with Crippen molar-refractivity contribution in [3.63, 3.8) is 0 Å². The van der Waals surface area contributed by atoms with Crippen molar-refractivity contribution in [1.82, 2.24) is 19.2 Å². The molecule has 3 N–H and O–H groups in total. The van der Waals surface area contributed by atoms with Crippen LogP contribution in [0.3, 0.4) is 0 Å². The predicted molar refractivity (Wildman–Crippen MR) is 101 cm³/mol. The number of carbonyl (C=O) groups excluding carboxylic acids is 1. The van der Waals surface area contributed by atoms with Gasteiger partial charge in [0.2, 0.25) is 5.91 Å². The van der Waals surface area contributed by atoms with Crippen LogP contribution < -0.4 is 10.5 Å². The maximum Gasteiger partial charge on any atom is 0.260 e. The summed E-state index contributed by atoms with van der Waals surface area (Å²) in [6, 6.07) is 9.52. The van der Waals surface area contributed by atoms with Crippen LogP contribution in [-0.2, 0) is 28.4 Å². The Labute approximate surface area is 159 Å². The first-order valence-electron chi connectivity index (χ1n) is 7.92. The summed E-state index contributed by atoms with van der Waals surface area (Å²) < 4.78 is 28.2. The van der Waals surface area contributed by atoms with Gasteiger partial charge in [-0.25, -0.2) is 18.1 Å².